The van der Waals surface area contributed by atoms with E-state index in [0.717, 1.165) is 19.0 Å². The molecule has 21 heavy (non-hydrogen) atoms. The highest BCUT2D eigenvalue weighted by molar-refractivity contribution is 5.79. The molecular weight excluding hydrogens is 281 g/mol. The molecule has 1 heterocycles. The van der Waals surface area contributed by atoms with Gasteiger partial charge in [0.15, 0.2) is 0 Å². The van der Waals surface area contributed by atoms with Crippen LogP contribution in [0.25, 0.3) is 0 Å². The zero-order valence-corrected chi connectivity index (χ0v) is 11.9. The molecular formula is C15H19F3N2O. The average Bonchev–Trinajstić information content (AvgIpc) is 2.87. The van der Waals surface area contributed by atoms with E-state index in [-0.39, 0.29) is 17.9 Å². The summed E-state index contributed by atoms with van der Waals surface area (Å²) in [4.78, 5) is 13.8. The van der Waals surface area contributed by atoms with Crippen molar-refractivity contribution in [1.82, 2.24) is 10.2 Å². The molecule has 3 nitrogen and oxygen atoms in total. The number of alkyl halides is 3. The number of nitrogens with zero attached hydrogens (tertiary/aromatic N) is 1. The van der Waals surface area contributed by atoms with Gasteiger partial charge in [0.1, 0.15) is 0 Å². The second-order valence-electron chi connectivity index (χ2n) is 5.38. The van der Waals surface area contributed by atoms with Gasteiger partial charge in [0.25, 0.3) is 0 Å². The summed E-state index contributed by atoms with van der Waals surface area (Å²) in [6, 6.07) is 5.28. The van der Waals surface area contributed by atoms with Crippen LogP contribution in [0.5, 0.6) is 0 Å². The Morgan fingerprint density at radius 3 is 2.76 bits per heavy atom. The topological polar surface area (TPSA) is 32.3 Å². The van der Waals surface area contributed by atoms with Gasteiger partial charge in [-0.25, -0.2) is 0 Å². The fourth-order valence-electron chi connectivity index (χ4n) is 2.74. The van der Waals surface area contributed by atoms with E-state index in [1.165, 1.54) is 18.2 Å². The third-order valence-corrected chi connectivity index (χ3v) is 3.80. The second-order valence-corrected chi connectivity index (χ2v) is 5.38. The van der Waals surface area contributed by atoms with Gasteiger partial charge < -0.3 is 10.2 Å². The summed E-state index contributed by atoms with van der Waals surface area (Å²) in [6.45, 7) is 2.07. The van der Waals surface area contributed by atoms with E-state index >= 15 is 0 Å². The molecule has 1 aromatic rings. The number of rotatable bonds is 4. The van der Waals surface area contributed by atoms with E-state index in [4.69, 9.17) is 0 Å². The van der Waals surface area contributed by atoms with E-state index in [1.807, 2.05) is 7.05 Å². The first-order valence-electron chi connectivity index (χ1n) is 6.99. The molecule has 0 radical (unpaired) electrons. The SMILES string of the molecule is CNC[C@@H]1CCN(C(=O)Cc2ccccc2C(F)(F)F)C1. The molecule has 6 heteroatoms. The van der Waals surface area contributed by atoms with Crippen molar-refractivity contribution in [1.29, 1.82) is 0 Å². The van der Waals surface area contributed by atoms with Gasteiger partial charge in [-0.15, -0.1) is 0 Å². The molecule has 0 unspecified atom stereocenters. The molecule has 116 valence electrons. The minimum atomic E-state index is -4.42. The molecule has 0 spiro atoms. The van der Waals surface area contributed by atoms with Crippen LogP contribution in [0.3, 0.4) is 0 Å². The molecule has 1 N–H and O–H groups in total. The van der Waals surface area contributed by atoms with Gasteiger partial charge in [-0.3, -0.25) is 4.79 Å². The quantitative estimate of drug-likeness (QED) is 0.925. The summed E-state index contributed by atoms with van der Waals surface area (Å²) in [6.07, 6.45) is -3.72. The molecule has 0 aromatic heterocycles. The minimum absolute atomic E-state index is 0.0482. The maximum Gasteiger partial charge on any atom is 0.416 e. The van der Waals surface area contributed by atoms with Crippen LogP contribution < -0.4 is 5.32 Å². The summed E-state index contributed by atoms with van der Waals surface area (Å²) >= 11 is 0. The lowest BCUT2D eigenvalue weighted by molar-refractivity contribution is -0.138. The van der Waals surface area contributed by atoms with Gasteiger partial charge >= 0.3 is 6.18 Å². The van der Waals surface area contributed by atoms with Crippen LogP contribution in [0, 0.1) is 5.92 Å². The van der Waals surface area contributed by atoms with Crippen LogP contribution in [0.4, 0.5) is 13.2 Å². The lowest BCUT2D eigenvalue weighted by Gasteiger charge is -2.18. The number of carbonyl (C=O) groups excluding carboxylic acids is 1. The normalized spacial score (nSPS) is 19.0. The van der Waals surface area contributed by atoms with Crippen LogP contribution >= 0.6 is 0 Å². The van der Waals surface area contributed by atoms with E-state index in [2.05, 4.69) is 5.32 Å². The lowest BCUT2D eigenvalue weighted by atomic mass is 10.0. The Morgan fingerprint density at radius 1 is 1.38 bits per heavy atom. The first kappa shape index (κ1) is 15.8. The third-order valence-electron chi connectivity index (χ3n) is 3.80. The van der Waals surface area contributed by atoms with Crippen molar-refractivity contribution in [2.24, 2.45) is 5.92 Å². The van der Waals surface area contributed by atoms with Gasteiger partial charge in [0.2, 0.25) is 5.91 Å². The molecule has 0 bridgehead atoms. The maximum atomic E-state index is 12.9. The van der Waals surface area contributed by atoms with E-state index < -0.39 is 11.7 Å². The summed E-state index contributed by atoms with van der Waals surface area (Å²) in [5.74, 6) is 0.155. The zero-order chi connectivity index (χ0) is 15.5. The first-order chi connectivity index (χ1) is 9.91. The van der Waals surface area contributed by atoms with Gasteiger partial charge in [0, 0.05) is 13.1 Å². The van der Waals surface area contributed by atoms with Crippen LogP contribution in [-0.2, 0) is 17.4 Å². The fraction of sp³-hybridized carbons (Fsp3) is 0.533. The van der Waals surface area contributed by atoms with E-state index in [0.29, 0.717) is 19.0 Å². The second kappa shape index (κ2) is 6.47. The molecule has 0 aliphatic carbocycles. The Morgan fingerprint density at radius 2 is 2.10 bits per heavy atom. The highest BCUT2D eigenvalue weighted by Gasteiger charge is 2.34. The number of carbonyl (C=O) groups is 1. The van der Waals surface area contributed by atoms with E-state index in [1.54, 1.807) is 4.90 Å². The highest BCUT2D eigenvalue weighted by atomic mass is 19.4. The maximum absolute atomic E-state index is 12.9. The number of benzene rings is 1. The molecule has 2 rings (SSSR count). The Balaban J connectivity index is 2.04. The molecule has 1 fully saturated rings. The van der Waals surface area contributed by atoms with Crippen molar-refractivity contribution in [3.8, 4) is 0 Å². The number of likely N-dealkylation sites (tertiary alicyclic amines) is 1. The zero-order valence-electron chi connectivity index (χ0n) is 11.9. The monoisotopic (exact) mass is 300 g/mol. The number of hydrogen-bond donors (Lipinski definition) is 1. The number of hydrogen-bond acceptors (Lipinski definition) is 2. The van der Waals surface area contributed by atoms with Crippen LogP contribution in [0.2, 0.25) is 0 Å². The molecule has 1 saturated heterocycles. The molecule has 1 aromatic carbocycles. The van der Waals surface area contributed by atoms with Gasteiger partial charge in [-0.2, -0.15) is 13.2 Å². The molecule has 1 atom stereocenters. The summed E-state index contributed by atoms with van der Waals surface area (Å²) < 4.78 is 38.7. The van der Waals surface area contributed by atoms with Crippen molar-refractivity contribution in [3.63, 3.8) is 0 Å². The minimum Gasteiger partial charge on any atom is -0.342 e. The standard InChI is InChI=1S/C15H19F3N2O/c1-19-9-11-6-7-20(10-11)14(21)8-12-4-2-3-5-13(12)15(16,17)18/h2-5,11,19H,6-10H2,1H3/t11-/m0/s1. The van der Waals surface area contributed by atoms with Gasteiger partial charge in [0.05, 0.1) is 12.0 Å². The molecule has 1 aliphatic heterocycles. The van der Waals surface area contributed by atoms with E-state index in [9.17, 15) is 18.0 Å². The Kier molecular flexibility index (Phi) is 4.88. The number of amides is 1. The third kappa shape index (κ3) is 3.97. The fourth-order valence-corrected chi connectivity index (χ4v) is 2.74. The Hall–Kier alpha value is -1.56. The van der Waals surface area contributed by atoms with Gasteiger partial charge in [-0.1, -0.05) is 18.2 Å². The molecule has 1 amide bonds. The van der Waals surface area contributed by atoms with Crippen LogP contribution in [-0.4, -0.2) is 37.5 Å². The lowest BCUT2D eigenvalue weighted by Crippen LogP contribution is -2.32. The number of halogens is 3. The first-order valence-corrected chi connectivity index (χ1v) is 6.99. The van der Waals surface area contributed by atoms with Crippen molar-refractivity contribution < 1.29 is 18.0 Å². The molecule has 1 aliphatic rings. The Bertz CT molecular complexity index is 502. The van der Waals surface area contributed by atoms with Crippen molar-refractivity contribution in [3.05, 3.63) is 35.4 Å². The Labute approximate surface area is 122 Å². The van der Waals surface area contributed by atoms with Gasteiger partial charge in [-0.05, 0) is 37.6 Å². The van der Waals surface area contributed by atoms with Crippen molar-refractivity contribution >= 4 is 5.91 Å². The largest absolute Gasteiger partial charge is 0.416 e. The summed E-state index contributed by atoms with van der Waals surface area (Å²) in [5, 5.41) is 3.06. The highest BCUT2D eigenvalue weighted by Crippen LogP contribution is 2.32. The van der Waals surface area contributed by atoms with Crippen molar-refractivity contribution in [2.75, 3.05) is 26.7 Å². The predicted molar refractivity (Wildman–Crippen MR) is 73.8 cm³/mol. The number of nitrogens with one attached hydrogen (secondary N) is 1. The molecule has 0 saturated carbocycles. The summed E-state index contributed by atoms with van der Waals surface area (Å²) in [5.41, 5.74) is -0.670. The van der Waals surface area contributed by atoms with Crippen LogP contribution in [0.1, 0.15) is 17.5 Å². The average molecular weight is 300 g/mol. The summed E-state index contributed by atoms with van der Waals surface area (Å²) in [7, 11) is 1.85. The van der Waals surface area contributed by atoms with Crippen LogP contribution in [0.15, 0.2) is 24.3 Å². The predicted octanol–water partition coefficient (Wildman–Crippen LogP) is 2.32. The van der Waals surface area contributed by atoms with Crippen molar-refractivity contribution in [2.45, 2.75) is 19.0 Å². The smallest absolute Gasteiger partial charge is 0.342 e.